The molecular formula is C20H27N4O3. The predicted octanol–water partition coefficient (Wildman–Crippen LogP) is 2.42. The first-order valence-corrected chi connectivity index (χ1v) is 9.61. The third-order valence-corrected chi connectivity index (χ3v) is 5.20. The molecule has 27 heavy (non-hydrogen) atoms. The minimum atomic E-state index is -0.885. The van der Waals surface area contributed by atoms with Gasteiger partial charge in [-0.2, -0.15) is 0 Å². The maximum absolute atomic E-state index is 12.2. The van der Waals surface area contributed by atoms with Gasteiger partial charge in [0, 0.05) is 25.0 Å². The van der Waals surface area contributed by atoms with E-state index in [1.807, 2.05) is 30.3 Å². The Bertz CT molecular complexity index is 663. The van der Waals surface area contributed by atoms with E-state index in [2.05, 4.69) is 15.4 Å². The lowest BCUT2D eigenvalue weighted by Crippen LogP contribution is -2.42. The first-order chi connectivity index (χ1) is 13.1. The molecule has 7 nitrogen and oxygen atoms in total. The number of hydrogen-bond donors (Lipinski definition) is 2. The Morgan fingerprint density at radius 2 is 1.78 bits per heavy atom. The first kappa shape index (κ1) is 19.2. The van der Waals surface area contributed by atoms with Crippen LogP contribution in [-0.4, -0.2) is 41.9 Å². The number of carbonyl (C=O) groups excluding carboxylic acids is 2. The van der Waals surface area contributed by atoms with Gasteiger partial charge in [0.15, 0.2) is 0 Å². The molecule has 1 radical (unpaired) electrons. The zero-order valence-corrected chi connectivity index (χ0v) is 15.5. The number of amidine groups is 1. The number of nitrogens with one attached hydrogen (secondary N) is 1. The minimum Gasteiger partial charge on any atom is -0.357 e. The molecule has 1 heterocycles. The number of primary amides is 1. The molecule has 0 spiro atoms. The molecule has 0 bridgehead atoms. The summed E-state index contributed by atoms with van der Waals surface area (Å²) >= 11 is 0. The first-order valence-electron chi connectivity index (χ1n) is 9.61. The van der Waals surface area contributed by atoms with Crippen molar-refractivity contribution in [3.05, 3.63) is 42.3 Å². The zero-order chi connectivity index (χ0) is 19.1. The van der Waals surface area contributed by atoms with Crippen LogP contribution in [0.3, 0.4) is 0 Å². The van der Waals surface area contributed by atoms with Crippen molar-refractivity contribution in [2.24, 2.45) is 16.8 Å². The molecule has 1 aromatic rings. The van der Waals surface area contributed by atoms with Crippen LogP contribution in [0.1, 0.15) is 44.1 Å². The highest BCUT2D eigenvalue weighted by molar-refractivity contribution is 5.88. The second kappa shape index (κ2) is 9.39. The van der Waals surface area contributed by atoms with Crippen LogP contribution < -0.4 is 11.1 Å². The second-order valence-corrected chi connectivity index (χ2v) is 7.17. The summed E-state index contributed by atoms with van der Waals surface area (Å²) < 4.78 is 0. The van der Waals surface area contributed by atoms with Crippen LogP contribution in [0.25, 0.3) is 0 Å². The molecule has 7 heteroatoms. The number of carbonyl (C=O) groups is 2. The summed E-state index contributed by atoms with van der Waals surface area (Å²) in [6.07, 6.45) is 6.53. The smallest absolute Gasteiger partial charge is 0.357 e. The van der Waals surface area contributed by atoms with Crippen molar-refractivity contribution in [2.45, 2.75) is 44.6 Å². The molecule has 0 atom stereocenters. The molecule has 3 rings (SSSR count). The molecule has 3 N–H and O–H groups in total. The van der Waals surface area contributed by atoms with Crippen molar-refractivity contribution in [3.63, 3.8) is 0 Å². The molecule has 1 aliphatic heterocycles. The topological polar surface area (TPSA) is 97.0 Å². The number of amides is 2. The van der Waals surface area contributed by atoms with Crippen molar-refractivity contribution < 1.29 is 14.4 Å². The van der Waals surface area contributed by atoms with E-state index >= 15 is 0 Å². The Labute approximate surface area is 159 Å². The van der Waals surface area contributed by atoms with Gasteiger partial charge in [-0.05, 0) is 44.1 Å². The summed E-state index contributed by atoms with van der Waals surface area (Å²) in [5.74, 6) is 0.996. The highest BCUT2D eigenvalue weighted by atomic mass is 16.7. The maximum atomic E-state index is 12.2. The Balaban J connectivity index is 1.51. The number of hydrogen-bond acceptors (Lipinski definition) is 4. The Morgan fingerprint density at radius 3 is 2.41 bits per heavy atom. The van der Waals surface area contributed by atoms with E-state index in [1.54, 1.807) is 6.42 Å². The van der Waals surface area contributed by atoms with Gasteiger partial charge in [-0.1, -0.05) is 35.5 Å². The fourth-order valence-corrected chi connectivity index (χ4v) is 3.87. The van der Waals surface area contributed by atoms with E-state index in [0.29, 0.717) is 0 Å². The average Bonchev–Trinajstić information content (AvgIpc) is 3.18. The lowest BCUT2D eigenvalue weighted by Gasteiger charge is -2.32. The molecular weight excluding hydrogens is 344 g/mol. The van der Waals surface area contributed by atoms with Gasteiger partial charge >= 0.3 is 6.09 Å². The lowest BCUT2D eigenvalue weighted by molar-refractivity contribution is -0.118. The van der Waals surface area contributed by atoms with E-state index in [4.69, 9.17) is 10.6 Å². The van der Waals surface area contributed by atoms with Gasteiger partial charge in [0.1, 0.15) is 5.84 Å². The van der Waals surface area contributed by atoms with Crippen molar-refractivity contribution >= 4 is 17.8 Å². The Kier molecular flexibility index (Phi) is 6.68. The normalized spacial score (nSPS) is 23.1. The molecule has 2 aliphatic rings. The number of nitrogens with zero attached hydrogens (tertiary/aromatic N) is 2. The van der Waals surface area contributed by atoms with Gasteiger partial charge in [-0.3, -0.25) is 9.63 Å². The summed E-state index contributed by atoms with van der Waals surface area (Å²) in [6, 6.07) is 9.74. The predicted molar refractivity (Wildman–Crippen MR) is 103 cm³/mol. The average molecular weight is 371 g/mol. The number of benzene rings is 1. The maximum Gasteiger partial charge on any atom is 0.430 e. The molecule has 1 saturated heterocycles. The van der Waals surface area contributed by atoms with Gasteiger partial charge in [0.05, 0.1) is 6.42 Å². The van der Waals surface area contributed by atoms with Gasteiger partial charge in [0.25, 0.3) is 0 Å². The van der Waals surface area contributed by atoms with Crippen molar-refractivity contribution in [1.82, 2.24) is 10.2 Å². The fourth-order valence-electron chi connectivity index (χ4n) is 3.87. The van der Waals surface area contributed by atoms with Crippen molar-refractivity contribution in [3.8, 4) is 0 Å². The fraction of sp³-hybridized carbons (Fsp3) is 0.500. The van der Waals surface area contributed by atoms with Crippen molar-refractivity contribution in [1.29, 1.82) is 0 Å². The van der Waals surface area contributed by atoms with Crippen LogP contribution in [0.15, 0.2) is 35.5 Å². The Hall–Kier alpha value is -2.57. The number of nitrogens with two attached hydrogens (primary N) is 1. The monoisotopic (exact) mass is 371 g/mol. The Morgan fingerprint density at radius 1 is 1.11 bits per heavy atom. The van der Waals surface area contributed by atoms with E-state index in [0.717, 1.165) is 63.0 Å². The summed E-state index contributed by atoms with van der Waals surface area (Å²) in [5.41, 5.74) is 5.97. The molecule has 1 saturated carbocycles. The highest BCUT2D eigenvalue weighted by Gasteiger charge is 2.30. The van der Waals surface area contributed by atoms with Crippen LogP contribution >= 0.6 is 0 Å². The van der Waals surface area contributed by atoms with Gasteiger partial charge < -0.3 is 16.0 Å². The lowest BCUT2D eigenvalue weighted by atomic mass is 9.84. The van der Waals surface area contributed by atoms with Gasteiger partial charge in [-0.15, -0.1) is 0 Å². The summed E-state index contributed by atoms with van der Waals surface area (Å²) in [5, 5.41) is 7.14. The summed E-state index contributed by atoms with van der Waals surface area (Å²) in [6.45, 7) is 1.87. The van der Waals surface area contributed by atoms with E-state index < -0.39 is 6.09 Å². The standard InChI is InChI=1S/C20H27N4O3/c21-20(26)27-23-19(24-12-4-5-13-24)16-8-10-17(11-9-16)22-18(25)14-15-6-2-1-3-7-15/h1-3,6-7,14,16-17H,4-5,8-13H2,(H2,21,26)(H,22,25). The molecule has 145 valence electrons. The van der Waals surface area contributed by atoms with Crippen LogP contribution in [0.4, 0.5) is 4.79 Å². The zero-order valence-electron chi connectivity index (χ0n) is 15.5. The van der Waals surface area contributed by atoms with Crippen LogP contribution in [0.2, 0.25) is 0 Å². The minimum absolute atomic E-state index is 0.0601. The van der Waals surface area contributed by atoms with E-state index in [1.165, 1.54) is 0 Å². The number of rotatable bonds is 5. The van der Waals surface area contributed by atoms with E-state index in [9.17, 15) is 9.59 Å². The van der Waals surface area contributed by atoms with Gasteiger partial charge in [-0.25, -0.2) is 4.79 Å². The molecule has 2 fully saturated rings. The quantitative estimate of drug-likeness (QED) is 0.359. The summed E-state index contributed by atoms with van der Waals surface area (Å²) in [4.78, 5) is 30.1. The van der Waals surface area contributed by atoms with Crippen LogP contribution in [0.5, 0.6) is 0 Å². The van der Waals surface area contributed by atoms with Crippen molar-refractivity contribution in [2.75, 3.05) is 13.1 Å². The third kappa shape index (κ3) is 5.70. The van der Waals surface area contributed by atoms with Crippen LogP contribution in [0, 0.1) is 12.3 Å². The SMILES string of the molecule is NC(=O)ON=C(C1CCC(NC(=O)[CH]c2ccccc2)CC1)N1CCCC1. The molecule has 1 aliphatic carbocycles. The number of oxime groups is 1. The number of likely N-dealkylation sites (tertiary alicyclic amines) is 1. The molecule has 0 aromatic heterocycles. The molecule has 2 amide bonds. The summed E-state index contributed by atoms with van der Waals surface area (Å²) in [7, 11) is 0. The molecule has 0 unspecified atom stereocenters. The third-order valence-electron chi connectivity index (χ3n) is 5.20. The highest BCUT2D eigenvalue weighted by Crippen LogP contribution is 2.28. The van der Waals surface area contributed by atoms with E-state index in [-0.39, 0.29) is 17.9 Å². The van der Waals surface area contributed by atoms with Crippen LogP contribution in [-0.2, 0) is 9.63 Å². The van der Waals surface area contributed by atoms with Gasteiger partial charge in [0.2, 0.25) is 5.91 Å². The second-order valence-electron chi connectivity index (χ2n) is 7.17. The largest absolute Gasteiger partial charge is 0.430 e. The molecule has 1 aromatic carbocycles.